The predicted molar refractivity (Wildman–Crippen MR) is 102 cm³/mol. The average Bonchev–Trinajstić information content (AvgIpc) is 2.61. The van der Waals surface area contributed by atoms with Gasteiger partial charge < -0.3 is 15.4 Å². The van der Waals surface area contributed by atoms with E-state index in [0.29, 0.717) is 23.4 Å². The fourth-order valence-corrected chi connectivity index (χ4v) is 3.10. The van der Waals surface area contributed by atoms with E-state index in [1.54, 1.807) is 12.1 Å². The van der Waals surface area contributed by atoms with Crippen molar-refractivity contribution >= 4 is 29.4 Å². The number of carbonyl (C=O) groups excluding carboxylic acids is 2. The van der Waals surface area contributed by atoms with Crippen molar-refractivity contribution in [2.45, 2.75) is 12.2 Å². The molecule has 2 amide bonds. The van der Waals surface area contributed by atoms with Crippen molar-refractivity contribution in [3.8, 4) is 0 Å². The molecule has 0 saturated carbocycles. The Balaban J connectivity index is 1.78. The van der Waals surface area contributed by atoms with Gasteiger partial charge in [0.2, 0.25) is 0 Å². The number of methoxy groups -OCH3 is 1. The summed E-state index contributed by atoms with van der Waals surface area (Å²) in [5, 5.41) is 5.35. The van der Waals surface area contributed by atoms with Crippen molar-refractivity contribution in [2.75, 3.05) is 24.7 Å². The molecule has 0 spiro atoms. The van der Waals surface area contributed by atoms with E-state index in [1.165, 1.54) is 31.0 Å². The van der Waals surface area contributed by atoms with Crippen LogP contribution in [0.1, 0.15) is 11.1 Å². The molecular formula is C19H20F2N2O3S. The van der Waals surface area contributed by atoms with E-state index in [4.69, 9.17) is 0 Å². The number of halogens is 2. The Labute approximate surface area is 160 Å². The van der Waals surface area contributed by atoms with Gasteiger partial charge in [0.15, 0.2) is 0 Å². The van der Waals surface area contributed by atoms with Crippen molar-refractivity contribution < 1.29 is 23.1 Å². The number of rotatable bonds is 8. The van der Waals surface area contributed by atoms with Crippen LogP contribution >= 0.6 is 11.8 Å². The quantitative estimate of drug-likeness (QED) is 0.670. The molecule has 27 heavy (non-hydrogen) atoms. The Morgan fingerprint density at radius 3 is 2.52 bits per heavy atom. The molecule has 2 rings (SSSR count). The van der Waals surface area contributed by atoms with Crippen LogP contribution in [0.4, 0.5) is 19.3 Å². The third-order valence-electron chi connectivity index (χ3n) is 3.52. The maximum absolute atomic E-state index is 13.1. The summed E-state index contributed by atoms with van der Waals surface area (Å²) in [5.74, 6) is -0.702. The van der Waals surface area contributed by atoms with E-state index in [1.807, 2.05) is 12.1 Å². The van der Waals surface area contributed by atoms with Crippen LogP contribution < -0.4 is 10.6 Å². The second-order valence-electron chi connectivity index (χ2n) is 5.68. The summed E-state index contributed by atoms with van der Waals surface area (Å²) >= 11 is 1.42. The molecule has 2 aromatic rings. The first-order valence-electron chi connectivity index (χ1n) is 8.19. The number of esters is 1. The number of hydrogen-bond acceptors (Lipinski definition) is 4. The second kappa shape index (κ2) is 10.5. The van der Waals surface area contributed by atoms with E-state index in [9.17, 15) is 18.4 Å². The zero-order chi connectivity index (χ0) is 19.6. The number of hydrogen-bond donors (Lipinski definition) is 2. The number of amides is 2. The number of ether oxygens (including phenoxy) is 1. The van der Waals surface area contributed by atoms with E-state index >= 15 is 0 Å². The van der Waals surface area contributed by atoms with Gasteiger partial charge in [-0.25, -0.2) is 13.6 Å². The van der Waals surface area contributed by atoms with Crippen LogP contribution in [0.25, 0.3) is 0 Å². The summed E-state index contributed by atoms with van der Waals surface area (Å²) in [6.45, 7) is 0.239. The van der Waals surface area contributed by atoms with Gasteiger partial charge >= 0.3 is 12.0 Å². The zero-order valence-electron chi connectivity index (χ0n) is 14.8. The Kier molecular flexibility index (Phi) is 8.06. The molecule has 0 unspecified atom stereocenters. The summed E-state index contributed by atoms with van der Waals surface area (Å²) in [7, 11) is 1.34. The Morgan fingerprint density at radius 2 is 1.81 bits per heavy atom. The van der Waals surface area contributed by atoms with Crippen LogP contribution in [-0.2, 0) is 21.7 Å². The number of urea groups is 1. The summed E-state index contributed by atoms with van der Waals surface area (Å²) in [5.41, 5.74) is 2.04. The van der Waals surface area contributed by atoms with Gasteiger partial charge in [-0.2, -0.15) is 0 Å². The molecule has 8 heteroatoms. The molecule has 2 N–H and O–H groups in total. The molecule has 0 heterocycles. The van der Waals surface area contributed by atoms with Crippen LogP contribution in [0.15, 0.2) is 42.5 Å². The number of carbonyl (C=O) groups is 2. The average molecular weight is 394 g/mol. The molecule has 0 saturated heterocycles. The molecule has 0 aromatic heterocycles. The van der Waals surface area contributed by atoms with Gasteiger partial charge in [-0.3, -0.25) is 4.79 Å². The fourth-order valence-electron chi connectivity index (χ4n) is 2.30. The van der Waals surface area contributed by atoms with Gasteiger partial charge in [-0.15, -0.1) is 11.8 Å². The highest BCUT2D eigenvalue weighted by Crippen LogP contribution is 2.16. The van der Waals surface area contributed by atoms with Crippen LogP contribution in [-0.4, -0.2) is 31.4 Å². The fraction of sp³-hybridized carbons (Fsp3) is 0.263. The third kappa shape index (κ3) is 7.65. The zero-order valence-corrected chi connectivity index (χ0v) is 15.6. The Hall–Kier alpha value is -2.61. The summed E-state index contributed by atoms with van der Waals surface area (Å²) in [6, 6.07) is 10.1. The molecule has 5 nitrogen and oxygen atoms in total. The van der Waals surface area contributed by atoms with Gasteiger partial charge in [-0.1, -0.05) is 12.1 Å². The lowest BCUT2D eigenvalue weighted by molar-refractivity contribution is -0.137. The van der Waals surface area contributed by atoms with E-state index in [2.05, 4.69) is 15.4 Å². The van der Waals surface area contributed by atoms with Crippen LogP contribution in [0.3, 0.4) is 0 Å². The van der Waals surface area contributed by atoms with Crippen LogP contribution in [0, 0.1) is 11.6 Å². The van der Waals surface area contributed by atoms with Gasteiger partial charge in [0.05, 0.1) is 12.9 Å². The highest BCUT2D eigenvalue weighted by molar-refractivity contribution is 7.99. The maximum Gasteiger partial charge on any atom is 0.319 e. The summed E-state index contributed by atoms with van der Waals surface area (Å²) in [4.78, 5) is 23.1. The van der Waals surface area contributed by atoms with E-state index < -0.39 is 17.7 Å². The molecular weight excluding hydrogens is 374 g/mol. The van der Waals surface area contributed by atoms with Gasteiger partial charge in [0.25, 0.3) is 0 Å². The minimum Gasteiger partial charge on any atom is -0.468 e. The predicted octanol–water partition coefficient (Wildman–Crippen LogP) is 3.74. The highest BCUT2D eigenvalue weighted by atomic mass is 32.2. The van der Waals surface area contributed by atoms with Gasteiger partial charge in [-0.05, 0) is 41.8 Å². The SMILES string of the molecule is COC(=O)CSCc1cccc(NC(=O)NCCc2cc(F)cc(F)c2)c1. The molecule has 0 fully saturated rings. The Morgan fingerprint density at radius 1 is 1.07 bits per heavy atom. The Bertz CT molecular complexity index is 782. The van der Waals surface area contributed by atoms with Gasteiger partial charge in [0, 0.05) is 24.1 Å². The first kappa shape index (κ1) is 20.7. The van der Waals surface area contributed by atoms with Crippen molar-refractivity contribution in [2.24, 2.45) is 0 Å². The second-order valence-corrected chi connectivity index (χ2v) is 6.66. The first-order chi connectivity index (χ1) is 13.0. The lowest BCUT2D eigenvalue weighted by atomic mass is 10.1. The smallest absolute Gasteiger partial charge is 0.319 e. The minimum absolute atomic E-state index is 0.239. The molecule has 0 aliphatic heterocycles. The highest BCUT2D eigenvalue weighted by Gasteiger charge is 2.05. The normalized spacial score (nSPS) is 10.3. The third-order valence-corrected chi connectivity index (χ3v) is 4.50. The molecule has 0 aliphatic carbocycles. The molecule has 0 bridgehead atoms. The molecule has 0 aliphatic rings. The van der Waals surface area contributed by atoms with Crippen molar-refractivity contribution in [3.05, 3.63) is 65.2 Å². The molecule has 0 atom stereocenters. The standard InChI is InChI=1S/C19H20F2N2O3S/c1-26-18(24)12-27-11-14-3-2-4-17(9-14)23-19(25)22-6-5-13-7-15(20)10-16(21)8-13/h2-4,7-10H,5-6,11-12H2,1H3,(H2,22,23,25). The largest absolute Gasteiger partial charge is 0.468 e. The molecule has 0 radical (unpaired) electrons. The molecule has 144 valence electrons. The van der Waals surface area contributed by atoms with Crippen LogP contribution in [0.2, 0.25) is 0 Å². The lowest BCUT2D eigenvalue weighted by Crippen LogP contribution is -2.30. The van der Waals surface area contributed by atoms with Crippen molar-refractivity contribution in [1.82, 2.24) is 5.32 Å². The van der Waals surface area contributed by atoms with Crippen molar-refractivity contribution in [3.63, 3.8) is 0 Å². The maximum atomic E-state index is 13.1. The summed E-state index contributed by atoms with van der Waals surface area (Å²) in [6.07, 6.45) is 0.312. The molecule has 2 aromatic carbocycles. The number of thioether (sulfide) groups is 1. The van der Waals surface area contributed by atoms with E-state index in [0.717, 1.165) is 11.6 Å². The number of anilines is 1. The number of nitrogens with one attached hydrogen (secondary N) is 2. The van der Waals surface area contributed by atoms with E-state index in [-0.39, 0.29) is 18.3 Å². The monoisotopic (exact) mass is 394 g/mol. The van der Waals surface area contributed by atoms with Gasteiger partial charge in [0.1, 0.15) is 11.6 Å². The van der Waals surface area contributed by atoms with Crippen molar-refractivity contribution in [1.29, 1.82) is 0 Å². The number of benzene rings is 2. The summed E-state index contributed by atoms with van der Waals surface area (Å²) < 4.78 is 30.8. The topological polar surface area (TPSA) is 67.4 Å². The van der Waals surface area contributed by atoms with Crippen LogP contribution in [0.5, 0.6) is 0 Å². The lowest BCUT2D eigenvalue weighted by Gasteiger charge is -2.09. The minimum atomic E-state index is -0.642. The first-order valence-corrected chi connectivity index (χ1v) is 9.35.